The lowest BCUT2D eigenvalue weighted by molar-refractivity contribution is 0.267. The van der Waals surface area contributed by atoms with Gasteiger partial charge in [0.25, 0.3) is 0 Å². The van der Waals surface area contributed by atoms with Crippen LogP contribution in [0.3, 0.4) is 0 Å². The van der Waals surface area contributed by atoms with E-state index in [9.17, 15) is 0 Å². The van der Waals surface area contributed by atoms with Crippen LogP contribution < -0.4 is 5.73 Å². The van der Waals surface area contributed by atoms with Crippen molar-refractivity contribution in [2.24, 2.45) is 5.73 Å². The van der Waals surface area contributed by atoms with Gasteiger partial charge in [-0.2, -0.15) is 0 Å². The van der Waals surface area contributed by atoms with E-state index in [0.29, 0.717) is 0 Å². The Balaban J connectivity index is 3.81. The molecule has 54 valence electrons. The summed E-state index contributed by atoms with van der Waals surface area (Å²) in [5, 5.41) is 0. The van der Waals surface area contributed by atoms with E-state index in [-0.39, 0.29) is 6.04 Å². The minimum absolute atomic E-state index is 0.0231. The van der Waals surface area contributed by atoms with Crippen LogP contribution in [-0.2, 0) is 4.74 Å². The van der Waals surface area contributed by atoms with Crippen molar-refractivity contribution in [1.82, 2.24) is 0 Å². The van der Waals surface area contributed by atoms with Gasteiger partial charge >= 0.3 is 0 Å². The van der Waals surface area contributed by atoms with E-state index in [1.165, 1.54) is 0 Å². The summed E-state index contributed by atoms with van der Waals surface area (Å²) in [5.74, 6) is 0.873. The molecule has 0 aliphatic carbocycles. The fraction of sp³-hybridized carbons (Fsp3) is 0.714. The molecule has 0 aliphatic heterocycles. The Bertz CT molecular complexity index is 97.1. The average Bonchev–Trinajstić information content (AvgIpc) is 1.82. The molecular weight excluding hydrogens is 114 g/mol. The summed E-state index contributed by atoms with van der Waals surface area (Å²) in [6.07, 6.45) is 2.97. The molecule has 0 spiro atoms. The van der Waals surface area contributed by atoms with Gasteiger partial charge in [0.05, 0.1) is 13.2 Å². The highest BCUT2D eigenvalue weighted by atomic mass is 16.5. The Hall–Kier alpha value is -0.500. The van der Waals surface area contributed by atoms with Gasteiger partial charge in [-0.1, -0.05) is 6.92 Å². The Morgan fingerprint density at radius 3 is 2.44 bits per heavy atom. The van der Waals surface area contributed by atoms with Crippen LogP contribution in [-0.4, -0.2) is 13.2 Å². The Morgan fingerprint density at radius 2 is 2.33 bits per heavy atom. The highest BCUT2D eigenvalue weighted by Crippen LogP contribution is 2.00. The lowest BCUT2D eigenvalue weighted by Gasteiger charge is -2.08. The summed E-state index contributed by atoms with van der Waals surface area (Å²) in [4.78, 5) is 0. The van der Waals surface area contributed by atoms with Crippen LogP contribution in [0.25, 0.3) is 0 Å². The highest BCUT2D eigenvalue weighted by Gasteiger charge is 1.99. The molecule has 0 saturated carbocycles. The van der Waals surface area contributed by atoms with Gasteiger partial charge in [-0.05, 0) is 19.4 Å². The van der Waals surface area contributed by atoms with Gasteiger partial charge < -0.3 is 10.5 Å². The quantitative estimate of drug-likeness (QED) is 0.582. The summed E-state index contributed by atoms with van der Waals surface area (Å²) in [6, 6.07) is 0.0231. The molecule has 0 bridgehead atoms. The van der Waals surface area contributed by atoms with E-state index < -0.39 is 0 Å². The summed E-state index contributed by atoms with van der Waals surface area (Å²) in [6.45, 7) is 3.96. The van der Waals surface area contributed by atoms with Gasteiger partial charge in [-0.15, -0.1) is 0 Å². The monoisotopic (exact) mass is 129 g/mol. The van der Waals surface area contributed by atoms with Crippen LogP contribution in [0.1, 0.15) is 20.3 Å². The van der Waals surface area contributed by atoms with Gasteiger partial charge in [0.1, 0.15) is 5.76 Å². The molecule has 0 aromatic carbocycles. The molecule has 0 saturated heterocycles. The van der Waals surface area contributed by atoms with Crippen LogP contribution in [0, 0.1) is 0 Å². The molecule has 0 heterocycles. The molecule has 2 heteroatoms. The maximum Gasteiger partial charge on any atom is 0.108 e. The standard InChI is InChI=1S/C7H15NO/c1-4-5-7(9-3)6(2)8/h5-6H,4,8H2,1-3H3/b7-5+/t6-/m0/s1. The fourth-order valence-corrected chi connectivity index (χ4v) is 0.656. The molecule has 0 fully saturated rings. The van der Waals surface area contributed by atoms with Gasteiger partial charge in [-0.3, -0.25) is 0 Å². The predicted octanol–water partition coefficient (Wildman–Crippen LogP) is 1.27. The third-order valence-electron chi connectivity index (χ3n) is 1.09. The van der Waals surface area contributed by atoms with Crippen LogP contribution in [0.15, 0.2) is 11.8 Å². The van der Waals surface area contributed by atoms with Gasteiger partial charge in [-0.25, -0.2) is 0 Å². The van der Waals surface area contributed by atoms with E-state index in [0.717, 1.165) is 12.2 Å². The normalized spacial score (nSPS) is 15.3. The molecule has 0 rings (SSSR count). The van der Waals surface area contributed by atoms with Crippen molar-refractivity contribution in [2.75, 3.05) is 7.11 Å². The van der Waals surface area contributed by atoms with Crippen LogP contribution in [0.2, 0.25) is 0 Å². The van der Waals surface area contributed by atoms with Crippen molar-refractivity contribution in [1.29, 1.82) is 0 Å². The molecule has 0 aromatic rings. The lowest BCUT2D eigenvalue weighted by atomic mass is 10.2. The summed E-state index contributed by atoms with van der Waals surface area (Å²) in [7, 11) is 1.64. The van der Waals surface area contributed by atoms with Crippen LogP contribution in [0.5, 0.6) is 0 Å². The molecule has 9 heavy (non-hydrogen) atoms. The summed E-state index contributed by atoms with van der Waals surface area (Å²) in [5.41, 5.74) is 5.54. The van der Waals surface area contributed by atoms with Crippen LogP contribution >= 0.6 is 0 Å². The molecular formula is C7H15NO. The first kappa shape index (κ1) is 8.50. The Morgan fingerprint density at radius 1 is 1.78 bits per heavy atom. The molecule has 0 radical (unpaired) electrons. The zero-order chi connectivity index (χ0) is 7.28. The maximum absolute atomic E-state index is 5.54. The summed E-state index contributed by atoms with van der Waals surface area (Å²) < 4.78 is 4.99. The number of methoxy groups -OCH3 is 1. The van der Waals surface area contributed by atoms with E-state index in [2.05, 4.69) is 6.92 Å². The highest BCUT2D eigenvalue weighted by molar-refractivity contribution is 4.99. The predicted molar refractivity (Wildman–Crippen MR) is 39.0 cm³/mol. The minimum Gasteiger partial charge on any atom is -0.500 e. The van der Waals surface area contributed by atoms with Crippen LogP contribution in [0.4, 0.5) is 0 Å². The number of nitrogens with two attached hydrogens (primary N) is 1. The molecule has 2 N–H and O–H groups in total. The molecule has 0 aliphatic rings. The largest absolute Gasteiger partial charge is 0.500 e. The van der Waals surface area contributed by atoms with E-state index >= 15 is 0 Å². The third-order valence-corrected chi connectivity index (χ3v) is 1.09. The smallest absolute Gasteiger partial charge is 0.108 e. The Kier molecular flexibility index (Phi) is 4.14. The van der Waals surface area contributed by atoms with E-state index in [4.69, 9.17) is 10.5 Å². The zero-order valence-corrected chi connectivity index (χ0v) is 6.35. The maximum atomic E-state index is 5.54. The van der Waals surface area contributed by atoms with Crippen molar-refractivity contribution >= 4 is 0 Å². The van der Waals surface area contributed by atoms with Crippen molar-refractivity contribution < 1.29 is 4.74 Å². The number of hydrogen-bond donors (Lipinski definition) is 1. The van der Waals surface area contributed by atoms with Gasteiger partial charge in [0.15, 0.2) is 0 Å². The zero-order valence-electron chi connectivity index (χ0n) is 6.35. The third kappa shape index (κ3) is 3.14. The molecule has 1 atom stereocenters. The molecule has 0 aromatic heterocycles. The molecule has 0 amide bonds. The van der Waals surface area contributed by atoms with Crippen molar-refractivity contribution in [3.05, 3.63) is 11.8 Å². The van der Waals surface area contributed by atoms with Crippen molar-refractivity contribution in [3.63, 3.8) is 0 Å². The SMILES string of the molecule is CC/C=C(/OC)[C@H](C)N. The van der Waals surface area contributed by atoms with Crippen molar-refractivity contribution in [2.45, 2.75) is 26.3 Å². The number of hydrogen-bond acceptors (Lipinski definition) is 2. The lowest BCUT2D eigenvalue weighted by Crippen LogP contribution is -2.18. The molecule has 0 unspecified atom stereocenters. The number of ether oxygens (including phenoxy) is 1. The van der Waals surface area contributed by atoms with Crippen molar-refractivity contribution in [3.8, 4) is 0 Å². The number of rotatable bonds is 3. The first-order chi connectivity index (χ1) is 4.22. The second kappa shape index (κ2) is 4.39. The molecule has 2 nitrogen and oxygen atoms in total. The van der Waals surface area contributed by atoms with Gasteiger partial charge in [0, 0.05) is 0 Å². The Labute approximate surface area is 56.7 Å². The first-order valence-electron chi connectivity index (χ1n) is 3.22. The fourth-order valence-electron chi connectivity index (χ4n) is 0.656. The second-order valence-corrected chi connectivity index (χ2v) is 2.01. The first-order valence-corrected chi connectivity index (χ1v) is 3.22. The summed E-state index contributed by atoms with van der Waals surface area (Å²) >= 11 is 0. The topological polar surface area (TPSA) is 35.2 Å². The average molecular weight is 129 g/mol. The minimum atomic E-state index is 0.0231. The second-order valence-electron chi connectivity index (χ2n) is 2.01. The van der Waals surface area contributed by atoms with Gasteiger partial charge in [0.2, 0.25) is 0 Å². The number of allylic oxidation sites excluding steroid dienone is 1. The van der Waals surface area contributed by atoms with E-state index in [1.807, 2.05) is 13.0 Å². The van der Waals surface area contributed by atoms with E-state index in [1.54, 1.807) is 7.11 Å².